The zero-order chi connectivity index (χ0) is 13.0. The number of rotatable bonds is 4. The van der Waals surface area contributed by atoms with E-state index in [9.17, 15) is 4.79 Å². The van der Waals surface area contributed by atoms with Gasteiger partial charge in [0.25, 0.3) is 0 Å². The van der Waals surface area contributed by atoms with Gasteiger partial charge in [0.05, 0.1) is 12.2 Å². The second kappa shape index (κ2) is 5.76. The predicted molar refractivity (Wildman–Crippen MR) is 73.4 cm³/mol. The van der Waals surface area contributed by atoms with Gasteiger partial charge in [-0.15, -0.1) is 0 Å². The van der Waals surface area contributed by atoms with E-state index in [1.54, 1.807) is 0 Å². The number of unbranched alkanes of at least 4 members (excludes halogenated alkanes) is 1. The molecule has 1 N–H and O–H groups in total. The van der Waals surface area contributed by atoms with Gasteiger partial charge in [-0.05, 0) is 18.6 Å². The molecule has 0 spiro atoms. The molecule has 0 aliphatic carbocycles. The molecule has 1 heterocycles. The van der Waals surface area contributed by atoms with Crippen LogP contribution in [0.1, 0.15) is 26.2 Å². The van der Waals surface area contributed by atoms with E-state index in [0.717, 1.165) is 36.5 Å². The van der Waals surface area contributed by atoms with Gasteiger partial charge in [0.15, 0.2) is 0 Å². The molecule has 1 aliphatic heterocycles. The summed E-state index contributed by atoms with van der Waals surface area (Å²) in [4.78, 5) is 13.8. The summed E-state index contributed by atoms with van der Waals surface area (Å²) in [6, 6.07) is 5.81. The third kappa shape index (κ3) is 2.94. The first-order valence-corrected chi connectivity index (χ1v) is 6.48. The lowest BCUT2D eigenvalue weighted by Gasteiger charge is -2.27. The number of ether oxygens (including phenoxy) is 1. The molecule has 0 aromatic heterocycles. The predicted octanol–water partition coefficient (Wildman–Crippen LogP) is 2.64. The van der Waals surface area contributed by atoms with Crippen LogP contribution in [0.15, 0.2) is 18.2 Å². The van der Waals surface area contributed by atoms with Crippen molar-refractivity contribution in [3.8, 4) is 5.75 Å². The van der Waals surface area contributed by atoms with E-state index in [1.165, 1.54) is 0 Å². The molecule has 4 heteroatoms. The highest BCUT2D eigenvalue weighted by Gasteiger charge is 2.15. The molecule has 4 nitrogen and oxygen atoms in total. The smallest absolute Gasteiger partial charge is 0.224 e. The van der Waals surface area contributed by atoms with Crippen LogP contribution < -0.4 is 15.0 Å². The number of nitrogens with zero attached hydrogens (tertiary/aromatic N) is 1. The molecule has 0 radical (unpaired) electrons. The number of likely N-dealkylation sites (N-methyl/N-ethyl adjacent to an activating group) is 1. The van der Waals surface area contributed by atoms with Crippen molar-refractivity contribution in [3.05, 3.63) is 18.2 Å². The van der Waals surface area contributed by atoms with Crippen molar-refractivity contribution >= 4 is 17.3 Å². The Labute approximate surface area is 108 Å². The molecule has 0 fully saturated rings. The van der Waals surface area contributed by atoms with Gasteiger partial charge in [-0.25, -0.2) is 0 Å². The summed E-state index contributed by atoms with van der Waals surface area (Å²) >= 11 is 0. The number of nitrogens with one attached hydrogen (secondary N) is 1. The molecule has 0 bridgehead atoms. The highest BCUT2D eigenvalue weighted by Crippen LogP contribution is 2.33. The number of fused-ring (bicyclic) bond motifs is 1. The van der Waals surface area contributed by atoms with E-state index < -0.39 is 0 Å². The number of amides is 1. The van der Waals surface area contributed by atoms with Crippen LogP contribution in [0, 0.1) is 0 Å². The number of carbonyl (C=O) groups is 1. The highest BCUT2D eigenvalue weighted by molar-refractivity contribution is 5.91. The van der Waals surface area contributed by atoms with Crippen LogP contribution in [0.3, 0.4) is 0 Å². The maximum atomic E-state index is 11.6. The van der Waals surface area contributed by atoms with E-state index in [2.05, 4.69) is 17.1 Å². The Bertz CT molecular complexity index is 432. The fraction of sp³-hybridized carbons (Fsp3) is 0.500. The largest absolute Gasteiger partial charge is 0.489 e. The maximum Gasteiger partial charge on any atom is 0.224 e. The fourth-order valence-electron chi connectivity index (χ4n) is 2.00. The molecule has 1 amide bonds. The molecule has 1 aromatic carbocycles. The van der Waals surface area contributed by atoms with Crippen LogP contribution in [0.25, 0.3) is 0 Å². The Morgan fingerprint density at radius 3 is 3.11 bits per heavy atom. The number of carbonyl (C=O) groups excluding carboxylic acids is 1. The van der Waals surface area contributed by atoms with E-state index in [4.69, 9.17) is 4.74 Å². The zero-order valence-electron chi connectivity index (χ0n) is 11.0. The molecule has 2 rings (SSSR count). The van der Waals surface area contributed by atoms with Crippen LogP contribution in [-0.2, 0) is 4.79 Å². The van der Waals surface area contributed by atoms with Crippen LogP contribution in [0.2, 0.25) is 0 Å². The third-order valence-electron chi connectivity index (χ3n) is 3.10. The molecule has 0 atom stereocenters. The lowest BCUT2D eigenvalue weighted by atomic mass is 10.2. The summed E-state index contributed by atoms with van der Waals surface area (Å²) < 4.78 is 5.60. The Morgan fingerprint density at radius 1 is 1.50 bits per heavy atom. The lowest BCUT2D eigenvalue weighted by molar-refractivity contribution is -0.116. The Balaban J connectivity index is 2.04. The molecular weight excluding hydrogens is 228 g/mol. The Kier molecular flexibility index (Phi) is 4.07. The minimum atomic E-state index is 0.0703. The van der Waals surface area contributed by atoms with Gasteiger partial charge in [0.1, 0.15) is 12.4 Å². The summed E-state index contributed by atoms with van der Waals surface area (Å²) in [7, 11) is 2.04. The monoisotopic (exact) mass is 248 g/mol. The molecule has 1 aromatic rings. The van der Waals surface area contributed by atoms with Gasteiger partial charge in [-0.2, -0.15) is 0 Å². The molecule has 1 aliphatic rings. The van der Waals surface area contributed by atoms with E-state index in [-0.39, 0.29) is 5.91 Å². The third-order valence-corrected chi connectivity index (χ3v) is 3.10. The fourth-order valence-corrected chi connectivity index (χ4v) is 2.00. The van der Waals surface area contributed by atoms with Crippen molar-refractivity contribution in [1.29, 1.82) is 0 Å². The van der Waals surface area contributed by atoms with Crippen molar-refractivity contribution in [3.63, 3.8) is 0 Å². The van der Waals surface area contributed by atoms with Crippen molar-refractivity contribution in [2.45, 2.75) is 26.2 Å². The second-order valence-electron chi connectivity index (χ2n) is 4.60. The van der Waals surface area contributed by atoms with Crippen LogP contribution in [0.4, 0.5) is 11.4 Å². The Morgan fingerprint density at radius 2 is 2.33 bits per heavy atom. The summed E-state index contributed by atoms with van der Waals surface area (Å²) in [6.07, 6.45) is 2.54. The number of hydrogen-bond donors (Lipinski definition) is 1. The van der Waals surface area contributed by atoms with Crippen LogP contribution in [0.5, 0.6) is 5.75 Å². The molecular formula is C14H20N2O2. The standard InChI is InChI=1S/C14H20N2O2/c1-3-4-5-14(17)15-11-6-7-12-13(10-11)18-9-8-16(12)2/h6-7,10H,3-5,8-9H2,1-2H3,(H,15,17). The SMILES string of the molecule is CCCCC(=O)Nc1ccc2c(c1)OCCN2C. The van der Waals surface area contributed by atoms with Crippen LogP contribution >= 0.6 is 0 Å². The van der Waals surface area contributed by atoms with E-state index in [1.807, 2.05) is 25.2 Å². The summed E-state index contributed by atoms with van der Waals surface area (Å²) in [5, 5.41) is 2.90. The van der Waals surface area contributed by atoms with Crippen molar-refractivity contribution < 1.29 is 9.53 Å². The maximum absolute atomic E-state index is 11.6. The average molecular weight is 248 g/mol. The molecule has 0 saturated heterocycles. The molecule has 98 valence electrons. The topological polar surface area (TPSA) is 41.6 Å². The van der Waals surface area contributed by atoms with Gasteiger partial charge in [-0.3, -0.25) is 4.79 Å². The van der Waals surface area contributed by atoms with Gasteiger partial charge < -0.3 is 15.0 Å². The summed E-state index contributed by atoms with van der Waals surface area (Å²) in [5.41, 5.74) is 1.89. The zero-order valence-corrected chi connectivity index (χ0v) is 11.0. The van der Waals surface area contributed by atoms with Crippen molar-refractivity contribution in [2.24, 2.45) is 0 Å². The number of anilines is 2. The van der Waals surface area contributed by atoms with Gasteiger partial charge in [0, 0.05) is 25.2 Å². The first-order chi connectivity index (χ1) is 8.70. The highest BCUT2D eigenvalue weighted by atomic mass is 16.5. The van der Waals surface area contributed by atoms with Crippen molar-refractivity contribution in [2.75, 3.05) is 30.4 Å². The minimum absolute atomic E-state index is 0.0703. The first-order valence-electron chi connectivity index (χ1n) is 6.48. The average Bonchev–Trinajstić information content (AvgIpc) is 2.36. The lowest BCUT2D eigenvalue weighted by Crippen LogP contribution is -2.28. The summed E-state index contributed by atoms with van der Waals surface area (Å²) in [5.74, 6) is 0.915. The van der Waals surface area contributed by atoms with E-state index in [0.29, 0.717) is 13.0 Å². The molecule has 0 saturated carbocycles. The minimum Gasteiger partial charge on any atom is -0.489 e. The second-order valence-corrected chi connectivity index (χ2v) is 4.60. The van der Waals surface area contributed by atoms with Gasteiger partial charge in [-0.1, -0.05) is 13.3 Å². The summed E-state index contributed by atoms with van der Waals surface area (Å²) in [6.45, 7) is 3.67. The first kappa shape index (κ1) is 12.7. The van der Waals surface area contributed by atoms with Gasteiger partial charge >= 0.3 is 0 Å². The number of hydrogen-bond acceptors (Lipinski definition) is 3. The van der Waals surface area contributed by atoms with E-state index >= 15 is 0 Å². The van der Waals surface area contributed by atoms with Crippen molar-refractivity contribution in [1.82, 2.24) is 0 Å². The van der Waals surface area contributed by atoms with Gasteiger partial charge in [0.2, 0.25) is 5.91 Å². The molecule has 18 heavy (non-hydrogen) atoms. The Hall–Kier alpha value is -1.71. The van der Waals surface area contributed by atoms with Crippen LogP contribution in [-0.4, -0.2) is 26.1 Å². The number of benzene rings is 1. The quantitative estimate of drug-likeness (QED) is 0.890. The molecule has 0 unspecified atom stereocenters. The normalized spacial score (nSPS) is 13.8.